The molecular weight excluding hydrogens is 184 g/mol. The van der Waals surface area contributed by atoms with E-state index >= 15 is 0 Å². The lowest BCUT2D eigenvalue weighted by molar-refractivity contribution is 0.149. The summed E-state index contributed by atoms with van der Waals surface area (Å²) in [5.41, 5.74) is -1.75. The van der Waals surface area contributed by atoms with Crippen LogP contribution in [0.1, 0.15) is 12.0 Å². The van der Waals surface area contributed by atoms with Gasteiger partial charge in [0.1, 0.15) is 0 Å². The highest BCUT2D eigenvalue weighted by molar-refractivity contribution is 5.35. The van der Waals surface area contributed by atoms with E-state index in [4.69, 9.17) is 5.11 Å². The van der Waals surface area contributed by atoms with E-state index in [1.165, 1.54) is 7.11 Å². The molecule has 1 heterocycles. The highest BCUT2D eigenvalue weighted by Crippen LogP contribution is 2.25. The summed E-state index contributed by atoms with van der Waals surface area (Å²) < 4.78 is 28.7. The summed E-state index contributed by atoms with van der Waals surface area (Å²) in [6.07, 6.45) is -2.92. The molecule has 0 saturated carbocycles. The molecule has 0 aliphatic carbocycles. The Morgan fingerprint density at radius 2 is 2.23 bits per heavy atom. The number of pyridine rings is 1. The van der Waals surface area contributed by atoms with Crippen molar-refractivity contribution in [1.82, 2.24) is 4.98 Å². The molecule has 0 aliphatic heterocycles. The van der Waals surface area contributed by atoms with Crippen molar-refractivity contribution in [3.8, 4) is 11.6 Å². The van der Waals surface area contributed by atoms with E-state index in [-0.39, 0.29) is 5.88 Å². The molecule has 0 atom stereocenters. The van der Waals surface area contributed by atoms with E-state index < -0.39 is 23.3 Å². The van der Waals surface area contributed by atoms with E-state index in [1.807, 2.05) is 4.98 Å². The van der Waals surface area contributed by atoms with Gasteiger partial charge in [-0.25, -0.2) is 8.78 Å². The first-order chi connectivity index (χ1) is 6.06. The molecule has 4 nitrogen and oxygen atoms in total. The standard InChI is InChI=1S/C7H7F2NO3/c1-13-7-4(11)2-3(5(8)9)6(12)10-7/h2,5,11H,1H3,(H,10,12). The van der Waals surface area contributed by atoms with Crippen molar-refractivity contribution in [3.05, 3.63) is 22.0 Å². The summed E-state index contributed by atoms with van der Waals surface area (Å²) in [5, 5.41) is 9.04. The van der Waals surface area contributed by atoms with Gasteiger partial charge in [0.05, 0.1) is 12.7 Å². The number of H-pyrrole nitrogens is 1. The number of hydrogen-bond donors (Lipinski definition) is 2. The van der Waals surface area contributed by atoms with Gasteiger partial charge in [-0.05, 0) is 6.07 Å². The zero-order chi connectivity index (χ0) is 10.0. The van der Waals surface area contributed by atoms with E-state index in [9.17, 15) is 13.6 Å². The molecule has 1 rings (SSSR count). The van der Waals surface area contributed by atoms with Crippen molar-refractivity contribution in [2.75, 3.05) is 7.11 Å². The van der Waals surface area contributed by atoms with E-state index in [1.54, 1.807) is 0 Å². The maximum atomic E-state index is 12.1. The number of methoxy groups -OCH3 is 1. The lowest BCUT2D eigenvalue weighted by Crippen LogP contribution is -2.13. The Labute approximate surface area is 71.8 Å². The molecule has 1 aromatic rings. The third-order valence-corrected chi connectivity index (χ3v) is 1.45. The third-order valence-electron chi connectivity index (χ3n) is 1.45. The molecule has 6 heteroatoms. The van der Waals surface area contributed by atoms with Crippen LogP contribution >= 0.6 is 0 Å². The highest BCUT2D eigenvalue weighted by Gasteiger charge is 2.15. The molecule has 0 bridgehead atoms. The topological polar surface area (TPSA) is 62.3 Å². The van der Waals surface area contributed by atoms with Crippen molar-refractivity contribution in [3.63, 3.8) is 0 Å². The van der Waals surface area contributed by atoms with Crippen LogP contribution in [0, 0.1) is 0 Å². The van der Waals surface area contributed by atoms with Gasteiger partial charge in [0.2, 0.25) is 5.88 Å². The van der Waals surface area contributed by atoms with Crippen LogP contribution in [-0.2, 0) is 0 Å². The fraction of sp³-hybridized carbons (Fsp3) is 0.286. The van der Waals surface area contributed by atoms with E-state index in [0.29, 0.717) is 6.07 Å². The number of ether oxygens (including phenoxy) is 1. The molecule has 2 N–H and O–H groups in total. The molecule has 1 aromatic heterocycles. The first-order valence-corrected chi connectivity index (χ1v) is 3.34. The molecule has 13 heavy (non-hydrogen) atoms. The second-order valence-electron chi connectivity index (χ2n) is 2.27. The summed E-state index contributed by atoms with van der Waals surface area (Å²) in [4.78, 5) is 12.8. The minimum Gasteiger partial charge on any atom is -0.503 e. The first-order valence-electron chi connectivity index (χ1n) is 3.34. The van der Waals surface area contributed by atoms with Crippen LogP contribution in [0.2, 0.25) is 0 Å². The van der Waals surface area contributed by atoms with Crippen molar-refractivity contribution < 1.29 is 18.6 Å². The van der Waals surface area contributed by atoms with Gasteiger partial charge in [0.15, 0.2) is 5.75 Å². The summed E-state index contributed by atoms with van der Waals surface area (Å²) in [7, 11) is 1.20. The zero-order valence-electron chi connectivity index (χ0n) is 6.67. The Hall–Kier alpha value is -1.59. The van der Waals surface area contributed by atoms with Crippen molar-refractivity contribution in [2.45, 2.75) is 6.43 Å². The zero-order valence-corrected chi connectivity index (χ0v) is 6.67. The highest BCUT2D eigenvalue weighted by atomic mass is 19.3. The Morgan fingerprint density at radius 3 is 2.69 bits per heavy atom. The lowest BCUT2D eigenvalue weighted by atomic mass is 10.3. The second-order valence-corrected chi connectivity index (χ2v) is 2.27. The summed E-state index contributed by atoms with van der Waals surface area (Å²) in [6.45, 7) is 0. The van der Waals surface area contributed by atoms with Crippen molar-refractivity contribution >= 4 is 0 Å². The Kier molecular flexibility index (Phi) is 2.50. The lowest BCUT2D eigenvalue weighted by Gasteiger charge is -2.04. The molecule has 0 fully saturated rings. The molecular formula is C7H7F2NO3. The number of rotatable bonds is 2. The molecule has 0 aliphatic rings. The van der Waals surface area contributed by atoms with Crippen LogP contribution < -0.4 is 10.3 Å². The van der Waals surface area contributed by atoms with Gasteiger partial charge in [-0.2, -0.15) is 0 Å². The summed E-state index contributed by atoms with van der Waals surface area (Å²) >= 11 is 0. The van der Waals surface area contributed by atoms with Gasteiger partial charge in [-0.15, -0.1) is 0 Å². The minimum atomic E-state index is -2.92. The molecule has 0 saturated heterocycles. The molecule has 0 radical (unpaired) electrons. The van der Waals surface area contributed by atoms with Crippen LogP contribution in [0.25, 0.3) is 0 Å². The number of alkyl halides is 2. The fourth-order valence-corrected chi connectivity index (χ4v) is 0.835. The normalized spacial score (nSPS) is 10.5. The van der Waals surface area contributed by atoms with E-state index in [0.717, 1.165) is 0 Å². The third kappa shape index (κ3) is 1.77. The summed E-state index contributed by atoms with van der Waals surface area (Å²) in [6, 6.07) is 0.683. The number of aromatic amines is 1. The largest absolute Gasteiger partial charge is 0.503 e. The van der Waals surface area contributed by atoms with Crippen LogP contribution in [0.4, 0.5) is 8.78 Å². The number of aromatic hydroxyl groups is 1. The quantitative estimate of drug-likeness (QED) is 0.733. The Bertz CT molecular complexity index is 361. The SMILES string of the molecule is COc1[nH]c(=O)c(C(F)F)cc1O. The average molecular weight is 191 g/mol. The van der Waals surface area contributed by atoms with Gasteiger partial charge >= 0.3 is 0 Å². The van der Waals surface area contributed by atoms with Crippen LogP contribution in [0.5, 0.6) is 11.6 Å². The number of aromatic nitrogens is 1. The monoisotopic (exact) mass is 191 g/mol. The maximum Gasteiger partial charge on any atom is 0.269 e. The van der Waals surface area contributed by atoms with Crippen LogP contribution in [0.15, 0.2) is 10.9 Å². The van der Waals surface area contributed by atoms with Gasteiger partial charge in [0.25, 0.3) is 12.0 Å². The molecule has 72 valence electrons. The number of nitrogens with one attached hydrogen (secondary N) is 1. The van der Waals surface area contributed by atoms with Gasteiger partial charge < -0.3 is 9.84 Å². The van der Waals surface area contributed by atoms with E-state index in [2.05, 4.69) is 4.74 Å². The second kappa shape index (κ2) is 3.42. The Morgan fingerprint density at radius 1 is 1.62 bits per heavy atom. The predicted molar refractivity (Wildman–Crippen MR) is 40.2 cm³/mol. The molecule has 0 spiro atoms. The number of halogens is 2. The van der Waals surface area contributed by atoms with Gasteiger partial charge in [-0.1, -0.05) is 0 Å². The molecule has 0 unspecified atom stereocenters. The first kappa shape index (κ1) is 9.50. The van der Waals surface area contributed by atoms with Crippen molar-refractivity contribution in [2.24, 2.45) is 0 Å². The van der Waals surface area contributed by atoms with Crippen molar-refractivity contribution in [1.29, 1.82) is 0 Å². The fourth-order valence-electron chi connectivity index (χ4n) is 0.835. The van der Waals surface area contributed by atoms with Gasteiger partial charge in [0, 0.05) is 0 Å². The average Bonchev–Trinajstić information content (AvgIpc) is 2.07. The smallest absolute Gasteiger partial charge is 0.269 e. The van der Waals surface area contributed by atoms with Gasteiger partial charge in [-0.3, -0.25) is 9.78 Å². The Balaban J connectivity index is 3.29. The molecule has 0 aromatic carbocycles. The minimum absolute atomic E-state index is 0.227. The maximum absolute atomic E-state index is 12.1. The molecule has 0 amide bonds. The predicted octanol–water partition coefficient (Wildman–Crippen LogP) is 1.03. The van der Waals surface area contributed by atoms with Crippen LogP contribution in [-0.4, -0.2) is 17.2 Å². The number of hydrogen-bond acceptors (Lipinski definition) is 3. The van der Waals surface area contributed by atoms with Crippen LogP contribution in [0.3, 0.4) is 0 Å². The summed E-state index contributed by atoms with van der Waals surface area (Å²) in [5.74, 6) is -0.744.